The third-order valence-electron chi connectivity index (χ3n) is 1.65. The second-order valence-electron chi connectivity index (χ2n) is 2.86. The Hall–Kier alpha value is -1.05. The number of aliphatic hydroxyl groups excluding tert-OH is 1. The zero-order chi connectivity index (χ0) is 10.6. The molecule has 0 saturated heterocycles. The van der Waals surface area contributed by atoms with E-state index in [1.807, 2.05) is 6.07 Å². The van der Waals surface area contributed by atoms with Crippen molar-refractivity contribution in [1.29, 1.82) is 5.26 Å². The van der Waals surface area contributed by atoms with Crippen LogP contribution in [0.15, 0.2) is 22.7 Å². The summed E-state index contributed by atoms with van der Waals surface area (Å²) in [5.41, 5.74) is 0.466. The summed E-state index contributed by atoms with van der Waals surface area (Å²) in [6.07, 6.45) is -0.309. The predicted molar refractivity (Wildman–Crippen MR) is 56.0 cm³/mol. The molecule has 1 aromatic carbocycles. The summed E-state index contributed by atoms with van der Waals surface area (Å²) in [6.45, 7) is 1.67. The van der Waals surface area contributed by atoms with Crippen LogP contribution in [0, 0.1) is 11.3 Å². The second-order valence-corrected chi connectivity index (χ2v) is 3.78. The molecular formula is C10H10BrNO2. The number of benzene rings is 1. The molecule has 0 heterocycles. The molecule has 0 aliphatic heterocycles. The number of nitrogens with zero attached hydrogens (tertiary/aromatic N) is 1. The Bertz CT molecular complexity index is 360. The highest BCUT2D eigenvalue weighted by atomic mass is 79.9. The Balaban J connectivity index is 2.94. The standard InChI is InChI=1S/C10H10BrNO2/c1-7(6-13)14-10-4-9(11)3-2-8(10)5-12/h2-4,7,13H,6H2,1H3/t7-/m0/s1. The zero-order valence-corrected chi connectivity index (χ0v) is 9.28. The molecule has 1 aromatic rings. The molecule has 0 fully saturated rings. The van der Waals surface area contributed by atoms with Gasteiger partial charge in [-0.1, -0.05) is 15.9 Å². The molecule has 0 radical (unpaired) electrons. The van der Waals surface area contributed by atoms with Crippen LogP contribution in [0.2, 0.25) is 0 Å². The lowest BCUT2D eigenvalue weighted by molar-refractivity contribution is 0.129. The summed E-state index contributed by atoms with van der Waals surface area (Å²) in [7, 11) is 0. The van der Waals surface area contributed by atoms with Gasteiger partial charge in [0.1, 0.15) is 17.9 Å². The lowest BCUT2D eigenvalue weighted by Crippen LogP contribution is -2.16. The first kappa shape index (κ1) is 11.0. The molecule has 0 aromatic heterocycles. The van der Waals surface area contributed by atoms with E-state index in [0.29, 0.717) is 11.3 Å². The number of halogens is 1. The van der Waals surface area contributed by atoms with Gasteiger partial charge in [-0.2, -0.15) is 5.26 Å². The minimum absolute atomic E-state index is 0.0720. The van der Waals surface area contributed by atoms with E-state index in [4.69, 9.17) is 15.1 Å². The summed E-state index contributed by atoms with van der Waals surface area (Å²) >= 11 is 3.29. The molecular weight excluding hydrogens is 246 g/mol. The molecule has 0 bridgehead atoms. The lowest BCUT2D eigenvalue weighted by Gasteiger charge is -2.13. The highest BCUT2D eigenvalue weighted by Crippen LogP contribution is 2.23. The summed E-state index contributed by atoms with van der Waals surface area (Å²) in [5.74, 6) is 0.489. The third kappa shape index (κ3) is 2.72. The van der Waals surface area contributed by atoms with Crippen molar-refractivity contribution < 1.29 is 9.84 Å². The lowest BCUT2D eigenvalue weighted by atomic mass is 10.2. The highest BCUT2D eigenvalue weighted by molar-refractivity contribution is 9.10. The van der Waals surface area contributed by atoms with Gasteiger partial charge in [0.15, 0.2) is 0 Å². The second kappa shape index (κ2) is 4.99. The highest BCUT2D eigenvalue weighted by Gasteiger charge is 2.07. The first-order valence-electron chi connectivity index (χ1n) is 4.14. The van der Waals surface area contributed by atoms with Crippen LogP contribution in [0.3, 0.4) is 0 Å². The Kier molecular flexibility index (Phi) is 3.93. The van der Waals surface area contributed by atoms with Crippen LogP contribution < -0.4 is 4.74 Å². The van der Waals surface area contributed by atoms with Crippen LogP contribution in [0.5, 0.6) is 5.75 Å². The summed E-state index contributed by atoms with van der Waals surface area (Å²) in [4.78, 5) is 0. The number of ether oxygens (including phenoxy) is 1. The van der Waals surface area contributed by atoms with Crippen LogP contribution in [0.1, 0.15) is 12.5 Å². The van der Waals surface area contributed by atoms with Crippen molar-refractivity contribution in [2.24, 2.45) is 0 Å². The maximum Gasteiger partial charge on any atom is 0.138 e. The molecule has 74 valence electrons. The van der Waals surface area contributed by atoms with Gasteiger partial charge in [0.25, 0.3) is 0 Å². The van der Waals surface area contributed by atoms with Gasteiger partial charge < -0.3 is 9.84 Å². The monoisotopic (exact) mass is 255 g/mol. The van der Waals surface area contributed by atoms with Gasteiger partial charge in [0, 0.05) is 4.47 Å². The smallest absolute Gasteiger partial charge is 0.138 e. The van der Waals surface area contributed by atoms with E-state index in [1.54, 1.807) is 25.1 Å². The Morgan fingerprint density at radius 3 is 2.93 bits per heavy atom. The summed E-state index contributed by atoms with van der Waals surface area (Å²) in [5, 5.41) is 17.6. The molecule has 1 atom stereocenters. The quantitative estimate of drug-likeness (QED) is 0.900. The van der Waals surface area contributed by atoms with Gasteiger partial charge in [0.2, 0.25) is 0 Å². The number of hydrogen-bond donors (Lipinski definition) is 1. The van der Waals surface area contributed by atoms with E-state index in [0.717, 1.165) is 4.47 Å². The van der Waals surface area contributed by atoms with Crippen molar-refractivity contribution in [3.05, 3.63) is 28.2 Å². The van der Waals surface area contributed by atoms with E-state index in [1.165, 1.54) is 0 Å². The normalized spacial score (nSPS) is 11.9. The first-order valence-corrected chi connectivity index (χ1v) is 4.94. The SMILES string of the molecule is C[C@@H](CO)Oc1cc(Br)ccc1C#N. The van der Waals surface area contributed by atoms with Gasteiger partial charge >= 0.3 is 0 Å². The van der Waals surface area contributed by atoms with Crippen molar-refractivity contribution in [1.82, 2.24) is 0 Å². The van der Waals surface area contributed by atoms with Crippen LogP contribution >= 0.6 is 15.9 Å². The summed E-state index contributed by atoms with van der Waals surface area (Å²) in [6, 6.07) is 7.18. The maximum atomic E-state index is 8.81. The van der Waals surface area contributed by atoms with E-state index in [-0.39, 0.29) is 12.7 Å². The molecule has 14 heavy (non-hydrogen) atoms. The molecule has 0 saturated carbocycles. The molecule has 3 nitrogen and oxygen atoms in total. The molecule has 0 aliphatic carbocycles. The molecule has 0 aliphatic rings. The van der Waals surface area contributed by atoms with Crippen LogP contribution in [-0.2, 0) is 0 Å². The largest absolute Gasteiger partial charge is 0.487 e. The fraction of sp³-hybridized carbons (Fsp3) is 0.300. The average molecular weight is 256 g/mol. The van der Waals surface area contributed by atoms with Crippen molar-refractivity contribution >= 4 is 15.9 Å². The maximum absolute atomic E-state index is 8.81. The van der Waals surface area contributed by atoms with Crippen molar-refractivity contribution in [2.75, 3.05) is 6.61 Å². The topological polar surface area (TPSA) is 53.2 Å². The Labute approximate surface area is 91.1 Å². The Morgan fingerprint density at radius 1 is 1.64 bits per heavy atom. The van der Waals surface area contributed by atoms with Crippen LogP contribution in [0.25, 0.3) is 0 Å². The predicted octanol–water partition coefficient (Wildman–Crippen LogP) is 2.08. The number of nitriles is 1. The number of aliphatic hydroxyl groups is 1. The molecule has 0 spiro atoms. The van der Waals surface area contributed by atoms with Crippen molar-refractivity contribution in [2.45, 2.75) is 13.0 Å². The van der Waals surface area contributed by atoms with Gasteiger partial charge in [0.05, 0.1) is 12.2 Å². The first-order chi connectivity index (χ1) is 6.67. The molecule has 4 heteroatoms. The number of hydrogen-bond acceptors (Lipinski definition) is 3. The zero-order valence-electron chi connectivity index (χ0n) is 7.70. The van der Waals surface area contributed by atoms with Crippen LogP contribution in [-0.4, -0.2) is 17.8 Å². The molecule has 1 rings (SSSR count). The third-order valence-corrected chi connectivity index (χ3v) is 2.14. The van der Waals surface area contributed by atoms with Crippen molar-refractivity contribution in [3.63, 3.8) is 0 Å². The van der Waals surface area contributed by atoms with Gasteiger partial charge in [-0.15, -0.1) is 0 Å². The minimum Gasteiger partial charge on any atom is -0.487 e. The minimum atomic E-state index is -0.309. The van der Waals surface area contributed by atoms with Gasteiger partial charge in [-0.3, -0.25) is 0 Å². The molecule has 1 N–H and O–H groups in total. The van der Waals surface area contributed by atoms with E-state index < -0.39 is 0 Å². The Morgan fingerprint density at radius 2 is 2.36 bits per heavy atom. The van der Waals surface area contributed by atoms with Gasteiger partial charge in [-0.25, -0.2) is 0 Å². The molecule has 0 unspecified atom stereocenters. The van der Waals surface area contributed by atoms with Gasteiger partial charge in [-0.05, 0) is 25.1 Å². The van der Waals surface area contributed by atoms with Crippen molar-refractivity contribution in [3.8, 4) is 11.8 Å². The van der Waals surface area contributed by atoms with Crippen LogP contribution in [0.4, 0.5) is 0 Å². The average Bonchev–Trinajstić information content (AvgIpc) is 2.18. The fourth-order valence-electron chi connectivity index (χ4n) is 0.940. The van der Waals surface area contributed by atoms with E-state index in [2.05, 4.69) is 15.9 Å². The van der Waals surface area contributed by atoms with E-state index in [9.17, 15) is 0 Å². The summed E-state index contributed by atoms with van der Waals surface area (Å²) < 4.78 is 6.21. The molecule has 0 amide bonds. The number of rotatable bonds is 3. The fourth-order valence-corrected chi connectivity index (χ4v) is 1.28. The van der Waals surface area contributed by atoms with E-state index >= 15 is 0 Å².